The summed E-state index contributed by atoms with van der Waals surface area (Å²) in [5, 5.41) is 6.20. The second-order valence-corrected chi connectivity index (χ2v) is 5.28. The molecule has 1 saturated heterocycles. The molecule has 1 heterocycles. The van der Waals surface area contributed by atoms with Crippen molar-refractivity contribution in [3.8, 4) is 0 Å². The number of methoxy groups -OCH3 is 1. The summed E-state index contributed by atoms with van der Waals surface area (Å²) in [6.45, 7) is 1.16. The molecule has 0 bridgehead atoms. The van der Waals surface area contributed by atoms with Gasteiger partial charge < -0.3 is 20.3 Å². The smallest absolute Gasteiger partial charge is 0.409 e. The number of hydrogen-bond donors (Lipinski definition) is 2. The van der Waals surface area contributed by atoms with Crippen molar-refractivity contribution in [1.29, 1.82) is 0 Å². The fourth-order valence-corrected chi connectivity index (χ4v) is 2.44. The molecule has 6 nitrogen and oxygen atoms in total. The van der Waals surface area contributed by atoms with Crippen molar-refractivity contribution in [3.05, 3.63) is 29.3 Å². The maximum Gasteiger partial charge on any atom is 0.409 e. The number of anilines is 1. The van der Waals surface area contributed by atoms with E-state index in [-0.39, 0.29) is 18.2 Å². The summed E-state index contributed by atoms with van der Waals surface area (Å²) in [6.07, 6.45) is 1.09. The second-order valence-electron chi connectivity index (χ2n) is 4.84. The molecule has 1 aliphatic heterocycles. The highest BCUT2D eigenvalue weighted by atomic mass is 35.5. The number of carbonyl (C=O) groups is 2. The molecular weight excluding hydrogens is 294 g/mol. The van der Waals surface area contributed by atoms with E-state index in [1.165, 1.54) is 7.11 Å². The minimum absolute atomic E-state index is 0.0464. The van der Waals surface area contributed by atoms with Crippen LogP contribution in [0.25, 0.3) is 0 Å². The van der Waals surface area contributed by atoms with Crippen LogP contribution < -0.4 is 10.6 Å². The Morgan fingerprint density at radius 1 is 1.33 bits per heavy atom. The lowest BCUT2D eigenvalue weighted by Gasteiger charge is -2.31. The fourth-order valence-electron chi connectivity index (χ4n) is 2.25. The van der Waals surface area contributed by atoms with Crippen molar-refractivity contribution in [2.24, 2.45) is 0 Å². The largest absolute Gasteiger partial charge is 0.453 e. The van der Waals surface area contributed by atoms with Crippen molar-refractivity contribution in [2.75, 3.05) is 25.5 Å². The molecule has 0 unspecified atom stereocenters. The second kappa shape index (κ2) is 7.17. The number of hydrogen-bond acceptors (Lipinski definition) is 3. The predicted octanol–water partition coefficient (Wildman–Crippen LogP) is 2.69. The number of benzene rings is 1. The first-order chi connectivity index (χ1) is 10.1. The summed E-state index contributed by atoms with van der Waals surface area (Å²) >= 11 is 5.86. The van der Waals surface area contributed by atoms with E-state index < -0.39 is 0 Å². The van der Waals surface area contributed by atoms with Crippen LogP contribution in [0.2, 0.25) is 5.02 Å². The van der Waals surface area contributed by atoms with Crippen molar-refractivity contribution < 1.29 is 14.3 Å². The van der Waals surface area contributed by atoms with Gasteiger partial charge >= 0.3 is 12.1 Å². The third kappa shape index (κ3) is 4.53. The molecule has 1 fully saturated rings. The number of halogens is 1. The minimum atomic E-state index is -0.322. The lowest BCUT2D eigenvalue weighted by atomic mass is 10.1. The molecular formula is C14H18ClN3O3. The fraction of sp³-hybridized carbons (Fsp3) is 0.429. The molecule has 7 heteroatoms. The number of ether oxygens (including phenoxy) is 1. The molecule has 0 aliphatic carbocycles. The molecule has 1 aromatic carbocycles. The Kier molecular flexibility index (Phi) is 5.27. The third-order valence-electron chi connectivity index (χ3n) is 3.35. The van der Waals surface area contributed by atoms with E-state index in [0.717, 1.165) is 0 Å². The average molecular weight is 312 g/mol. The van der Waals surface area contributed by atoms with E-state index >= 15 is 0 Å². The molecule has 114 valence electrons. The SMILES string of the molecule is COC(=O)N1CCC(NC(=O)Nc2cccc(Cl)c2)CC1. The first-order valence-electron chi connectivity index (χ1n) is 6.74. The summed E-state index contributed by atoms with van der Waals surface area (Å²) in [4.78, 5) is 24.9. The molecule has 3 amide bonds. The van der Waals surface area contributed by atoms with Gasteiger partial charge in [-0.2, -0.15) is 0 Å². The Morgan fingerprint density at radius 3 is 2.67 bits per heavy atom. The van der Waals surface area contributed by atoms with E-state index in [1.807, 2.05) is 0 Å². The van der Waals surface area contributed by atoms with Gasteiger partial charge in [-0.15, -0.1) is 0 Å². The van der Waals surface area contributed by atoms with Gasteiger partial charge in [-0.05, 0) is 31.0 Å². The van der Waals surface area contributed by atoms with Crippen LogP contribution in [-0.2, 0) is 4.74 Å². The van der Waals surface area contributed by atoms with Gasteiger partial charge in [0, 0.05) is 29.8 Å². The first kappa shape index (κ1) is 15.4. The minimum Gasteiger partial charge on any atom is -0.453 e. The molecule has 21 heavy (non-hydrogen) atoms. The lowest BCUT2D eigenvalue weighted by molar-refractivity contribution is 0.110. The molecule has 2 N–H and O–H groups in total. The summed E-state index contributed by atoms with van der Waals surface area (Å²) in [5.74, 6) is 0. The lowest BCUT2D eigenvalue weighted by Crippen LogP contribution is -2.47. The standard InChI is InChI=1S/C14H18ClN3O3/c1-21-14(20)18-7-5-11(6-8-18)16-13(19)17-12-4-2-3-10(15)9-12/h2-4,9,11H,5-8H2,1H3,(H2,16,17,19). The van der Waals surface area contributed by atoms with Crippen LogP contribution in [0, 0.1) is 0 Å². The average Bonchev–Trinajstić information content (AvgIpc) is 2.47. The topological polar surface area (TPSA) is 70.7 Å². The van der Waals surface area contributed by atoms with Crippen LogP contribution in [0.1, 0.15) is 12.8 Å². The van der Waals surface area contributed by atoms with Gasteiger partial charge in [0.2, 0.25) is 0 Å². The van der Waals surface area contributed by atoms with Crippen LogP contribution in [-0.4, -0.2) is 43.3 Å². The van der Waals surface area contributed by atoms with Gasteiger partial charge in [-0.1, -0.05) is 17.7 Å². The first-order valence-corrected chi connectivity index (χ1v) is 7.12. The zero-order valence-electron chi connectivity index (χ0n) is 11.8. The molecule has 0 radical (unpaired) electrons. The van der Waals surface area contributed by atoms with Crippen molar-refractivity contribution >= 4 is 29.4 Å². The molecule has 0 saturated carbocycles. The maximum atomic E-state index is 11.9. The maximum absolute atomic E-state index is 11.9. The summed E-state index contributed by atoms with van der Waals surface area (Å²) in [7, 11) is 1.37. The summed E-state index contributed by atoms with van der Waals surface area (Å²) < 4.78 is 4.67. The highest BCUT2D eigenvalue weighted by Gasteiger charge is 2.24. The number of nitrogens with one attached hydrogen (secondary N) is 2. The van der Waals surface area contributed by atoms with Crippen LogP contribution >= 0.6 is 11.6 Å². The Bertz CT molecular complexity index is 516. The van der Waals surface area contributed by atoms with Gasteiger partial charge in [0.05, 0.1) is 7.11 Å². The van der Waals surface area contributed by atoms with Crippen LogP contribution in [0.15, 0.2) is 24.3 Å². The zero-order valence-corrected chi connectivity index (χ0v) is 12.5. The number of likely N-dealkylation sites (tertiary alicyclic amines) is 1. The molecule has 0 atom stereocenters. The Labute approximate surface area is 128 Å². The highest BCUT2D eigenvalue weighted by Crippen LogP contribution is 2.15. The number of rotatable bonds is 2. The Hall–Kier alpha value is -1.95. The van der Waals surface area contributed by atoms with E-state index in [2.05, 4.69) is 15.4 Å². The van der Waals surface area contributed by atoms with Gasteiger partial charge in [0.1, 0.15) is 0 Å². The molecule has 0 aromatic heterocycles. The van der Waals surface area contributed by atoms with Crippen LogP contribution in [0.5, 0.6) is 0 Å². The molecule has 1 aromatic rings. The van der Waals surface area contributed by atoms with E-state index in [4.69, 9.17) is 11.6 Å². The predicted molar refractivity (Wildman–Crippen MR) is 80.6 cm³/mol. The molecule has 2 rings (SSSR count). The van der Waals surface area contributed by atoms with Gasteiger partial charge in [0.25, 0.3) is 0 Å². The van der Waals surface area contributed by atoms with E-state index in [0.29, 0.717) is 36.6 Å². The summed E-state index contributed by atoms with van der Waals surface area (Å²) in [6, 6.07) is 6.74. The number of carbonyl (C=O) groups excluding carboxylic acids is 2. The number of piperidine rings is 1. The van der Waals surface area contributed by atoms with Crippen molar-refractivity contribution in [1.82, 2.24) is 10.2 Å². The van der Waals surface area contributed by atoms with Crippen LogP contribution in [0.3, 0.4) is 0 Å². The van der Waals surface area contributed by atoms with Crippen LogP contribution in [0.4, 0.5) is 15.3 Å². The third-order valence-corrected chi connectivity index (χ3v) is 3.58. The number of nitrogens with zero attached hydrogens (tertiary/aromatic N) is 1. The molecule has 0 spiro atoms. The van der Waals surface area contributed by atoms with Gasteiger partial charge in [-0.3, -0.25) is 0 Å². The van der Waals surface area contributed by atoms with E-state index in [1.54, 1.807) is 29.2 Å². The Morgan fingerprint density at radius 2 is 2.05 bits per heavy atom. The monoisotopic (exact) mass is 311 g/mol. The Balaban J connectivity index is 1.78. The highest BCUT2D eigenvalue weighted by molar-refractivity contribution is 6.30. The quantitative estimate of drug-likeness (QED) is 0.882. The number of urea groups is 1. The van der Waals surface area contributed by atoms with Gasteiger partial charge in [0.15, 0.2) is 0 Å². The zero-order chi connectivity index (χ0) is 15.2. The normalized spacial score (nSPS) is 15.4. The molecule has 1 aliphatic rings. The van der Waals surface area contributed by atoms with Gasteiger partial charge in [-0.25, -0.2) is 9.59 Å². The number of amides is 3. The van der Waals surface area contributed by atoms with E-state index in [9.17, 15) is 9.59 Å². The van der Waals surface area contributed by atoms with Crippen molar-refractivity contribution in [2.45, 2.75) is 18.9 Å². The van der Waals surface area contributed by atoms with Crippen molar-refractivity contribution in [3.63, 3.8) is 0 Å². The summed E-state index contributed by atoms with van der Waals surface area (Å²) in [5.41, 5.74) is 0.645.